The van der Waals surface area contributed by atoms with Crippen LogP contribution in [0.3, 0.4) is 0 Å². The van der Waals surface area contributed by atoms with Crippen LogP contribution < -0.4 is 10.6 Å². The lowest BCUT2D eigenvalue weighted by Gasteiger charge is -2.14. The van der Waals surface area contributed by atoms with E-state index in [0.29, 0.717) is 5.02 Å². The molecule has 0 saturated carbocycles. The molecular weight excluding hydrogens is 348 g/mol. The highest BCUT2D eigenvalue weighted by Gasteiger charge is 2.14. The van der Waals surface area contributed by atoms with E-state index in [9.17, 15) is 14.4 Å². The molecule has 132 valence electrons. The molecule has 0 fully saturated rings. The van der Waals surface area contributed by atoms with Crippen molar-refractivity contribution in [2.24, 2.45) is 0 Å². The molecule has 2 N–H and O–H groups in total. The van der Waals surface area contributed by atoms with Gasteiger partial charge in [0.1, 0.15) is 6.54 Å². The average Bonchev–Trinajstić information content (AvgIpc) is 3.12. The SMILES string of the molecule is C[C@@H](NC(=O)COC(=O)CNC(=O)c1ccco1)c1cccc(Cl)c1. The van der Waals surface area contributed by atoms with Gasteiger partial charge in [0.15, 0.2) is 12.4 Å². The highest BCUT2D eigenvalue weighted by Crippen LogP contribution is 2.17. The zero-order valence-corrected chi connectivity index (χ0v) is 14.2. The van der Waals surface area contributed by atoms with Crippen LogP contribution in [0.25, 0.3) is 0 Å². The summed E-state index contributed by atoms with van der Waals surface area (Å²) in [5, 5.41) is 5.58. The first-order chi connectivity index (χ1) is 12.0. The molecule has 0 aliphatic carbocycles. The zero-order valence-electron chi connectivity index (χ0n) is 13.5. The van der Waals surface area contributed by atoms with Crippen molar-refractivity contribution in [3.8, 4) is 0 Å². The van der Waals surface area contributed by atoms with Crippen LogP contribution in [0, 0.1) is 0 Å². The first-order valence-corrected chi connectivity index (χ1v) is 7.85. The number of rotatable bonds is 7. The van der Waals surface area contributed by atoms with Crippen molar-refractivity contribution in [2.45, 2.75) is 13.0 Å². The lowest BCUT2D eigenvalue weighted by Crippen LogP contribution is -2.34. The molecular formula is C17H17ClN2O5. The van der Waals surface area contributed by atoms with Crippen LogP contribution in [-0.4, -0.2) is 30.9 Å². The Morgan fingerprint density at radius 1 is 1.24 bits per heavy atom. The minimum Gasteiger partial charge on any atom is -0.459 e. The van der Waals surface area contributed by atoms with Gasteiger partial charge in [-0.2, -0.15) is 0 Å². The molecule has 7 nitrogen and oxygen atoms in total. The fourth-order valence-electron chi connectivity index (χ4n) is 1.99. The number of benzene rings is 1. The summed E-state index contributed by atoms with van der Waals surface area (Å²) in [6, 6.07) is 9.81. The van der Waals surface area contributed by atoms with Gasteiger partial charge in [-0.3, -0.25) is 14.4 Å². The van der Waals surface area contributed by atoms with Crippen LogP contribution in [0.1, 0.15) is 29.1 Å². The van der Waals surface area contributed by atoms with Crippen LogP contribution >= 0.6 is 11.6 Å². The molecule has 8 heteroatoms. The summed E-state index contributed by atoms with van der Waals surface area (Å²) in [4.78, 5) is 34.9. The van der Waals surface area contributed by atoms with E-state index in [1.165, 1.54) is 12.3 Å². The van der Waals surface area contributed by atoms with Crippen molar-refractivity contribution in [3.63, 3.8) is 0 Å². The molecule has 0 aliphatic rings. The monoisotopic (exact) mass is 364 g/mol. The Bertz CT molecular complexity index is 745. The van der Waals surface area contributed by atoms with E-state index in [4.69, 9.17) is 20.8 Å². The molecule has 25 heavy (non-hydrogen) atoms. The first-order valence-electron chi connectivity index (χ1n) is 7.48. The molecule has 0 bridgehead atoms. The third kappa shape index (κ3) is 5.96. The van der Waals surface area contributed by atoms with Gasteiger partial charge in [0.2, 0.25) is 0 Å². The highest BCUT2D eigenvalue weighted by molar-refractivity contribution is 6.30. The van der Waals surface area contributed by atoms with Gasteiger partial charge in [0.25, 0.3) is 11.8 Å². The van der Waals surface area contributed by atoms with Crippen molar-refractivity contribution in [3.05, 3.63) is 59.0 Å². The van der Waals surface area contributed by atoms with E-state index in [1.54, 1.807) is 31.2 Å². The normalized spacial score (nSPS) is 11.4. The maximum atomic E-state index is 11.8. The largest absolute Gasteiger partial charge is 0.459 e. The number of halogens is 1. The number of hydrogen-bond donors (Lipinski definition) is 2. The number of carbonyl (C=O) groups is 3. The summed E-state index contributed by atoms with van der Waals surface area (Å²) in [5.74, 6) is -1.65. The van der Waals surface area contributed by atoms with E-state index in [1.807, 2.05) is 6.07 Å². The number of furan rings is 1. The number of nitrogens with one attached hydrogen (secondary N) is 2. The molecule has 1 aromatic heterocycles. The van der Waals surface area contributed by atoms with Crippen LogP contribution in [0.15, 0.2) is 47.1 Å². The Morgan fingerprint density at radius 3 is 2.72 bits per heavy atom. The fraction of sp³-hybridized carbons (Fsp3) is 0.235. The topological polar surface area (TPSA) is 97.6 Å². The van der Waals surface area contributed by atoms with Crippen LogP contribution in [0.5, 0.6) is 0 Å². The first kappa shape index (κ1) is 18.5. The molecule has 2 rings (SSSR count). The second kappa shape index (κ2) is 8.89. The minimum atomic E-state index is -0.731. The Balaban J connectivity index is 1.70. The van der Waals surface area contributed by atoms with Crippen LogP contribution in [0.2, 0.25) is 5.02 Å². The Labute approximate surface area is 149 Å². The molecule has 2 aromatic rings. The number of esters is 1. The standard InChI is InChI=1S/C17H17ClN2O5/c1-11(12-4-2-5-13(18)8-12)20-15(21)10-25-16(22)9-19-17(23)14-6-3-7-24-14/h2-8,11H,9-10H2,1H3,(H,19,23)(H,20,21)/t11-/m1/s1. The van der Waals surface area contributed by atoms with Crippen LogP contribution in [-0.2, 0) is 14.3 Å². The van der Waals surface area contributed by atoms with Crippen molar-refractivity contribution in [2.75, 3.05) is 13.2 Å². The van der Waals surface area contributed by atoms with Crippen molar-refractivity contribution >= 4 is 29.4 Å². The number of carbonyl (C=O) groups excluding carboxylic acids is 3. The van der Waals surface area contributed by atoms with E-state index in [0.717, 1.165) is 5.56 Å². The summed E-state index contributed by atoms with van der Waals surface area (Å²) in [7, 11) is 0. The molecule has 0 saturated heterocycles. The van der Waals surface area contributed by atoms with Gasteiger partial charge in [0, 0.05) is 5.02 Å². The quantitative estimate of drug-likeness (QED) is 0.733. The van der Waals surface area contributed by atoms with Gasteiger partial charge in [-0.05, 0) is 36.8 Å². The summed E-state index contributed by atoms with van der Waals surface area (Å²) in [6.07, 6.45) is 1.35. The van der Waals surface area contributed by atoms with Gasteiger partial charge in [0.05, 0.1) is 12.3 Å². The zero-order chi connectivity index (χ0) is 18.2. The third-order valence-electron chi connectivity index (χ3n) is 3.23. The molecule has 0 aliphatic heterocycles. The predicted octanol–water partition coefficient (Wildman–Crippen LogP) is 2.08. The maximum absolute atomic E-state index is 11.8. The number of hydrogen-bond acceptors (Lipinski definition) is 5. The van der Waals surface area contributed by atoms with Crippen LogP contribution in [0.4, 0.5) is 0 Å². The smallest absolute Gasteiger partial charge is 0.325 e. The average molecular weight is 365 g/mol. The van der Waals surface area contributed by atoms with E-state index in [2.05, 4.69) is 10.6 Å². The lowest BCUT2D eigenvalue weighted by atomic mass is 10.1. The Morgan fingerprint density at radius 2 is 2.04 bits per heavy atom. The van der Waals surface area contributed by atoms with Crippen molar-refractivity contribution in [1.82, 2.24) is 10.6 Å². The Kier molecular flexibility index (Phi) is 6.59. The van der Waals surface area contributed by atoms with Crippen molar-refractivity contribution in [1.29, 1.82) is 0 Å². The Hall–Kier alpha value is -2.80. The van der Waals surface area contributed by atoms with E-state index < -0.39 is 24.4 Å². The fourth-order valence-corrected chi connectivity index (χ4v) is 2.19. The maximum Gasteiger partial charge on any atom is 0.325 e. The molecule has 0 radical (unpaired) electrons. The van der Waals surface area contributed by atoms with E-state index in [-0.39, 0.29) is 18.3 Å². The second-order valence-electron chi connectivity index (χ2n) is 5.16. The molecule has 0 unspecified atom stereocenters. The van der Waals surface area contributed by atoms with Gasteiger partial charge in [-0.15, -0.1) is 0 Å². The molecule has 2 amide bonds. The van der Waals surface area contributed by atoms with E-state index >= 15 is 0 Å². The summed E-state index contributed by atoms with van der Waals surface area (Å²) in [6.45, 7) is 0.978. The molecule has 0 spiro atoms. The molecule has 1 heterocycles. The van der Waals surface area contributed by atoms with Gasteiger partial charge >= 0.3 is 5.97 Å². The molecule has 1 atom stereocenters. The number of ether oxygens (including phenoxy) is 1. The van der Waals surface area contributed by atoms with Crippen molar-refractivity contribution < 1.29 is 23.5 Å². The summed E-state index contributed by atoms with van der Waals surface area (Å²) < 4.78 is 9.69. The highest BCUT2D eigenvalue weighted by atomic mass is 35.5. The third-order valence-corrected chi connectivity index (χ3v) is 3.46. The second-order valence-corrected chi connectivity index (χ2v) is 5.60. The summed E-state index contributed by atoms with van der Waals surface area (Å²) >= 11 is 5.90. The number of amides is 2. The molecule has 1 aromatic carbocycles. The van der Waals surface area contributed by atoms with Gasteiger partial charge in [-0.1, -0.05) is 23.7 Å². The summed E-state index contributed by atoms with van der Waals surface area (Å²) in [5.41, 5.74) is 0.831. The van der Waals surface area contributed by atoms with Gasteiger partial charge < -0.3 is 19.8 Å². The van der Waals surface area contributed by atoms with Gasteiger partial charge in [-0.25, -0.2) is 0 Å². The lowest BCUT2D eigenvalue weighted by molar-refractivity contribution is -0.147. The predicted molar refractivity (Wildman–Crippen MR) is 90.0 cm³/mol. The minimum absolute atomic E-state index is 0.0842.